The number of nitrogens with one attached hydrogen (secondary N) is 1. The number of aryl methyl sites for hydroxylation is 1. The lowest BCUT2D eigenvalue weighted by Gasteiger charge is -2.13. The number of rotatable bonds is 4. The number of carbonyl (C=O) groups is 1. The molecule has 4 nitrogen and oxygen atoms in total. The molecule has 19 heavy (non-hydrogen) atoms. The minimum atomic E-state index is -0.789. The molecule has 0 saturated heterocycles. The average Bonchev–Trinajstić information content (AvgIpc) is 2.78. The van der Waals surface area contributed by atoms with Gasteiger partial charge in [0.05, 0.1) is 11.6 Å². The molecule has 2 aromatic rings. The van der Waals surface area contributed by atoms with Crippen molar-refractivity contribution in [1.29, 1.82) is 0 Å². The fourth-order valence-corrected chi connectivity index (χ4v) is 1.81. The molecule has 0 radical (unpaired) electrons. The van der Waals surface area contributed by atoms with Crippen LogP contribution in [0.15, 0.2) is 34.7 Å². The van der Waals surface area contributed by atoms with Gasteiger partial charge >= 0.3 is 0 Å². The van der Waals surface area contributed by atoms with Gasteiger partial charge in [-0.3, -0.25) is 4.79 Å². The van der Waals surface area contributed by atoms with Crippen molar-refractivity contribution in [3.63, 3.8) is 0 Å². The summed E-state index contributed by atoms with van der Waals surface area (Å²) in [6.07, 6.45) is 0. The van der Waals surface area contributed by atoms with Crippen LogP contribution in [0.1, 0.15) is 34.8 Å². The normalized spacial score (nSPS) is 12.2. The minimum Gasteiger partial charge on any atom is -0.464 e. The molecule has 0 saturated carbocycles. The number of carbonyl (C=O) groups excluding carboxylic acids is 1. The Kier molecular flexibility index (Phi) is 3.55. The van der Waals surface area contributed by atoms with E-state index in [1.165, 1.54) is 12.1 Å². The average molecular weight is 262 g/mol. The Bertz CT molecular complexity index is 607. The van der Waals surface area contributed by atoms with Crippen molar-refractivity contribution in [2.75, 3.05) is 5.32 Å². The van der Waals surface area contributed by atoms with E-state index in [9.17, 15) is 9.18 Å². The maximum atomic E-state index is 13.3. The molecule has 1 heterocycles. The van der Waals surface area contributed by atoms with Gasteiger partial charge in [0, 0.05) is 5.69 Å². The van der Waals surface area contributed by atoms with Crippen LogP contribution in [0, 0.1) is 12.7 Å². The summed E-state index contributed by atoms with van der Waals surface area (Å²) in [6, 6.07) is 7.79. The molecule has 1 atom stereocenters. The number of primary amides is 1. The van der Waals surface area contributed by atoms with Crippen molar-refractivity contribution in [1.82, 2.24) is 0 Å². The minimum absolute atomic E-state index is 0.0973. The fourth-order valence-electron chi connectivity index (χ4n) is 1.81. The van der Waals surface area contributed by atoms with Crippen molar-refractivity contribution in [2.45, 2.75) is 19.9 Å². The highest BCUT2D eigenvalue weighted by Gasteiger charge is 2.12. The first kappa shape index (κ1) is 13.1. The van der Waals surface area contributed by atoms with Crippen LogP contribution < -0.4 is 11.1 Å². The molecule has 0 spiro atoms. The number of benzene rings is 1. The third-order valence-corrected chi connectivity index (χ3v) is 2.80. The standard InChI is InChI=1S/C14H15FN2O2/c1-8-3-6-13(19-8)9(2)17-10-4-5-12(15)11(7-10)14(16)18/h3-7,9,17H,1-2H3,(H2,16,18). The molecular weight excluding hydrogens is 247 g/mol. The number of nitrogens with two attached hydrogens (primary N) is 1. The quantitative estimate of drug-likeness (QED) is 0.890. The third kappa shape index (κ3) is 2.93. The largest absolute Gasteiger partial charge is 0.464 e. The Morgan fingerprint density at radius 3 is 2.68 bits per heavy atom. The van der Waals surface area contributed by atoms with Crippen LogP contribution in [-0.2, 0) is 0 Å². The molecule has 0 bridgehead atoms. The van der Waals surface area contributed by atoms with Crippen LogP contribution in [0.3, 0.4) is 0 Å². The van der Waals surface area contributed by atoms with Crippen LogP contribution in [0.4, 0.5) is 10.1 Å². The highest BCUT2D eigenvalue weighted by molar-refractivity contribution is 5.94. The van der Waals surface area contributed by atoms with Crippen molar-refractivity contribution < 1.29 is 13.6 Å². The highest BCUT2D eigenvalue weighted by atomic mass is 19.1. The second-order valence-corrected chi connectivity index (χ2v) is 4.37. The van der Waals surface area contributed by atoms with E-state index in [2.05, 4.69) is 5.32 Å². The van der Waals surface area contributed by atoms with Gasteiger partial charge in [0.2, 0.25) is 0 Å². The second kappa shape index (κ2) is 5.14. The van der Waals surface area contributed by atoms with E-state index in [-0.39, 0.29) is 11.6 Å². The van der Waals surface area contributed by atoms with Crippen molar-refractivity contribution in [3.8, 4) is 0 Å². The predicted octanol–water partition coefficient (Wildman–Crippen LogP) is 3.00. The van der Waals surface area contributed by atoms with Gasteiger partial charge in [-0.1, -0.05) is 0 Å². The number of anilines is 1. The molecule has 100 valence electrons. The second-order valence-electron chi connectivity index (χ2n) is 4.37. The Balaban J connectivity index is 2.19. The van der Waals surface area contributed by atoms with Gasteiger partial charge < -0.3 is 15.5 Å². The Morgan fingerprint density at radius 2 is 2.11 bits per heavy atom. The number of hydrogen-bond acceptors (Lipinski definition) is 3. The van der Waals surface area contributed by atoms with Crippen molar-refractivity contribution >= 4 is 11.6 Å². The Hall–Kier alpha value is -2.30. The number of hydrogen-bond donors (Lipinski definition) is 2. The van der Waals surface area contributed by atoms with Crippen molar-refractivity contribution in [2.24, 2.45) is 5.73 Å². The molecule has 1 unspecified atom stereocenters. The molecule has 1 aromatic heterocycles. The number of amides is 1. The monoisotopic (exact) mass is 262 g/mol. The summed E-state index contributed by atoms with van der Waals surface area (Å²) < 4.78 is 18.8. The Morgan fingerprint density at radius 1 is 1.37 bits per heavy atom. The van der Waals surface area contributed by atoms with Gasteiger partial charge in [-0.15, -0.1) is 0 Å². The van der Waals surface area contributed by atoms with E-state index in [1.54, 1.807) is 6.07 Å². The smallest absolute Gasteiger partial charge is 0.251 e. The molecule has 0 aliphatic heterocycles. The molecule has 2 rings (SSSR count). The molecule has 1 amide bonds. The van der Waals surface area contributed by atoms with Crippen LogP contribution in [0.25, 0.3) is 0 Å². The van der Waals surface area contributed by atoms with Crippen molar-refractivity contribution in [3.05, 3.63) is 53.2 Å². The number of halogens is 1. The summed E-state index contributed by atoms with van der Waals surface area (Å²) in [5.74, 6) is 0.172. The third-order valence-electron chi connectivity index (χ3n) is 2.80. The first-order chi connectivity index (χ1) is 8.97. The summed E-state index contributed by atoms with van der Waals surface area (Å²) in [6.45, 7) is 3.77. The van der Waals surface area contributed by atoms with E-state index < -0.39 is 11.7 Å². The number of furan rings is 1. The zero-order valence-corrected chi connectivity index (χ0v) is 10.7. The van der Waals surface area contributed by atoms with Gasteiger partial charge in [0.1, 0.15) is 17.3 Å². The molecule has 0 aliphatic carbocycles. The van der Waals surface area contributed by atoms with E-state index >= 15 is 0 Å². The molecule has 0 fully saturated rings. The molecule has 1 aromatic carbocycles. The summed E-state index contributed by atoms with van der Waals surface area (Å²) in [4.78, 5) is 11.1. The van der Waals surface area contributed by atoms with Gasteiger partial charge in [0.25, 0.3) is 5.91 Å². The zero-order valence-electron chi connectivity index (χ0n) is 10.7. The molecular formula is C14H15FN2O2. The topological polar surface area (TPSA) is 68.3 Å². The Labute approximate surface area is 110 Å². The van der Waals surface area contributed by atoms with E-state index in [4.69, 9.17) is 10.2 Å². The fraction of sp³-hybridized carbons (Fsp3) is 0.214. The lowest BCUT2D eigenvalue weighted by Crippen LogP contribution is -2.14. The maximum absolute atomic E-state index is 13.3. The summed E-state index contributed by atoms with van der Waals surface area (Å²) in [5, 5.41) is 3.13. The SMILES string of the molecule is Cc1ccc(C(C)Nc2ccc(F)c(C(N)=O)c2)o1. The summed E-state index contributed by atoms with van der Waals surface area (Å²) in [7, 11) is 0. The predicted molar refractivity (Wildman–Crippen MR) is 70.4 cm³/mol. The van der Waals surface area contributed by atoms with Gasteiger partial charge in [0.15, 0.2) is 0 Å². The van der Waals surface area contributed by atoms with E-state index in [0.29, 0.717) is 5.69 Å². The van der Waals surface area contributed by atoms with Crippen LogP contribution in [-0.4, -0.2) is 5.91 Å². The van der Waals surface area contributed by atoms with E-state index in [0.717, 1.165) is 11.5 Å². The zero-order chi connectivity index (χ0) is 14.0. The van der Waals surface area contributed by atoms with Gasteiger partial charge in [-0.2, -0.15) is 0 Å². The van der Waals surface area contributed by atoms with Crippen LogP contribution in [0.5, 0.6) is 0 Å². The summed E-state index contributed by atoms with van der Waals surface area (Å²) in [5.41, 5.74) is 5.58. The van der Waals surface area contributed by atoms with Gasteiger partial charge in [-0.25, -0.2) is 4.39 Å². The molecule has 3 N–H and O–H groups in total. The van der Waals surface area contributed by atoms with Crippen LogP contribution >= 0.6 is 0 Å². The molecule has 0 aliphatic rings. The summed E-state index contributed by atoms with van der Waals surface area (Å²) >= 11 is 0. The van der Waals surface area contributed by atoms with Gasteiger partial charge in [-0.05, 0) is 44.2 Å². The maximum Gasteiger partial charge on any atom is 0.251 e. The van der Waals surface area contributed by atoms with E-state index in [1.807, 2.05) is 26.0 Å². The lowest BCUT2D eigenvalue weighted by atomic mass is 10.1. The first-order valence-corrected chi connectivity index (χ1v) is 5.89. The highest BCUT2D eigenvalue weighted by Crippen LogP contribution is 2.22. The molecule has 5 heteroatoms. The first-order valence-electron chi connectivity index (χ1n) is 5.89. The lowest BCUT2D eigenvalue weighted by molar-refractivity contribution is 0.0996. The van der Waals surface area contributed by atoms with Crippen LogP contribution in [0.2, 0.25) is 0 Å².